The summed E-state index contributed by atoms with van der Waals surface area (Å²) < 4.78 is 101. The van der Waals surface area contributed by atoms with Gasteiger partial charge in [-0.05, 0) is 57.0 Å². The topological polar surface area (TPSA) is 24.1 Å². The lowest BCUT2D eigenvalue weighted by Gasteiger charge is -2.19. The van der Waals surface area contributed by atoms with Gasteiger partial charge in [0, 0.05) is 18.5 Å². The Morgan fingerprint density at radius 2 is 1.26 bits per heavy atom. The summed E-state index contributed by atoms with van der Waals surface area (Å²) in [5.41, 5.74) is -2.30. The third-order valence-electron chi connectivity index (χ3n) is 6.22. The summed E-state index contributed by atoms with van der Waals surface area (Å²) in [5.74, 6) is -11.2. The van der Waals surface area contributed by atoms with Gasteiger partial charge in [-0.3, -0.25) is 0 Å². The van der Waals surface area contributed by atoms with Crippen LogP contribution in [0.3, 0.4) is 0 Å². The second-order valence-corrected chi connectivity index (χ2v) is 9.98. The SMILES string of the molecule is C=C(C)C(CC)CS.C=C(NC)C(CSc1c(F)c(F)c(-c2c(F)c(C)c(C)c(F)c2F)c(F)c1F)NC. The molecule has 212 valence electrons. The maximum absolute atomic E-state index is 14.6. The average molecular weight is 583 g/mol. The summed E-state index contributed by atoms with van der Waals surface area (Å²) in [4.78, 5) is -1.01. The van der Waals surface area contributed by atoms with Crippen LogP contribution in [0.1, 0.15) is 31.4 Å². The molecule has 0 aliphatic heterocycles. The van der Waals surface area contributed by atoms with Gasteiger partial charge in [-0.2, -0.15) is 12.6 Å². The third kappa shape index (κ3) is 7.30. The van der Waals surface area contributed by atoms with Crippen molar-refractivity contribution in [3.8, 4) is 11.1 Å². The molecular formula is C27H33F7N2S2. The Balaban J connectivity index is 0.000000781. The summed E-state index contributed by atoms with van der Waals surface area (Å²) in [7, 11) is 3.11. The Morgan fingerprint density at radius 1 is 0.816 bits per heavy atom. The molecule has 11 heteroatoms. The van der Waals surface area contributed by atoms with Gasteiger partial charge in [0.25, 0.3) is 0 Å². The second kappa shape index (κ2) is 14.9. The van der Waals surface area contributed by atoms with Gasteiger partial charge in [0.05, 0.1) is 22.1 Å². The second-order valence-electron chi connectivity index (χ2n) is 8.59. The highest BCUT2D eigenvalue weighted by atomic mass is 32.2. The van der Waals surface area contributed by atoms with E-state index in [4.69, 9.17) is 0 Å². The minimum atomic E-state index is -2.02. The Morgan fingerprint density at radius 3 is 1.63 bits per heavy atom. The Bertz CT molecular complexity index is 1120. The summed E-state index contributed by atoms with van der Waals surface area (Å²) in [6, 6.07) is -0.506. The van der Waals surface area contributed by atoms with Gasteiger partial charge in [-0.1, -0.05) is 25.7 Å². The molecule has 0 saturated carbocycles. The van der Waals surface area contributed by atoms with Crippen molar-refractivity contribution in [2.24, 2.45) is 5.92 Å². The number of hydrogen-bond acceptors (Lipinski definition) is 4. The van der Waals surface area contributed by atoms with Crippen LogP contribution >= 0.6 is 24.4 Å². The normalized spacial score (nSPS) is 12.5. The van der Waals surface area contributed by atoms with E-state index < -0.39 is 73.9 Å². The van der Waals surface area contributed by atoms with Crippen LogP contribution in [-0.2, 0) is 0 Å². The highest BCUT2D eigenvalue weighted by molar-refractivity contribution is 7.99. The van der Waals surface area contributed by atoms with Crippen molar-refractivity contribution in [3.05, 3.63) is 76.3 Å². The minimum Gasteiger partial charge on any atom is -0.391 e. The van der Waals surface area contributed by atoms with E-state index in [1.165, 1.54) is 12.0 Å². The number of thioether (sulfide) groups is 1. The van der Waals surface area contributed by atoms with Gasteiger partial charge >= 0.3 is 0 Å². The summed E-state index contributed by atoms with van der Waals surface area (Å²) in [5, 5.41) is 5.54. The number of allylic oxidation sites excluding steroid dienone is 1. The fourth-order valence-corrected chi connectivity index (χ4v) is 5.10. The molecule has 2 atom stereocenters. The molecule has 2 N–H and O–H groups in total. The molecule has 0 aliphatic carbocycles. The maximum Gasteiger partial charge on any atom is 0.176 e. The molecule has 0 heterocycles. The first kappa shape index (κ1) is 33.9. The fraction of sp³-hybridized carbons (Fsp3) is 0.407. The van der Waals surface area contributed by atoms with Crippen LogP contribution in [0.25, 0.3) is 11.1 Å². The molecule has 0 aromatic heterocycles. The highest BCUT2D eigenvalue weighted by Gasteiger charge is 2.32. The number of halogens is 7. The monoisotopic (exact) mass is 582 g/mol. The third-order valence-corrected chi connectivity index (χ3v) is 7.81. The molecule has 2 rings (SSSR count). The van der Waals surface area contributed by atoms with Crippen molar-refractivity contribution in [1.29, 1.82) is 0 Å². The van der Waals surface area contributed by atoms with Gasteiger partial charge in [-0.25, -0.2) is 30.7 Å². The van der Waals surface area contributed by atoms with Crippen LogP contribution < -0.4 is 10.6 Å². The van der Waals surface area contributed by atoms with Crippen molar-refractivity contribution in [3.63, 3.8) is 0 Å². The van der Waals surface area contributed by atoms with E-state index in [1.807, 2.05) is 0 Å². The molecule has 2 aromatic carbocycles. The Labute approximate surface area is 229 Å². The number of rotatable bonds is 10. The van der Waals surface area contributed by atoms with Crippen molar-refractivity contribution in [2.75, 3.05) is 25.6 Å². The fourth-order valence-electron chi connectivity index (χ4n) is 3.40. The molecule has 38 heavy (non-hydrogen) atoms. The first-order valence-corrected chi connectivity index (χ1v) is 13.3. The molecule has 2 aromatic rings. The van der Waals surface area contributed by atoms with Crippen LogP contribution in [0.5, 0.6) is 0 Å². The van der Waals surface area contributed by atoms with E-state index in [1.54, 1.807) is 14.1 Å². The molecule has 0 amide bonds. The highest BCUT2D eigenvalue weighted by Crippen LogP contribution is 2.40. The largest absolute Gasteiger partial charge is 0.391 e. The zero-order chi connectivity index (χ0) is 29.5. The van der Waals surface area contributed by atoms with E-state index in [2.05, 4.69) is 50.3 Å². The number of benzene rings is 2. The summed E-state index contributed by atoms with van der Waals surface area (Å²) >= 11 is 4.62. The predicted octanol–water partition coefficient (Wildman–Crippen LogP) is 7.88. The van der Waals surface area contributed by atoms with E-state index in [-0.39, 0.29) is 5.75 Å². The quantitative estimate of drug-likeness (QED) is 0.0874. The number of hydrogen-bond donors (Lipinski definition) is 3. The van der Waals surface area contributed by atoms with Gasteiger partial charge in [-0.15, -0.1) is 11.8 Å². The zero-order valence-electron chi connectivity index (χ0n) is 22.2. The van der Waals surface area contributed by atoms with Gasteiger partial charge in [0.15, 0.2) is 34.9 Å². The van der Waals surface area contributed by atoms with Gasteiger partial charge in [0.2, 0.25) is 0 Å². The molecule has 0 bridgehead atoms. The molecule has 2 nitrogen and oxygen atoms in total. The van der Waals surface area contributed by atoms with Gasteiger partial charge in [0.1, 0.15) is 5.82 Å². The van der Waals surface area contributed by atoms with Crippen LogP contribution in [0.2, 0.25) is 0 Å². The van der Waals surface area contributed by atoms with Crippen LogP contribution in [0, 0.1) is 60.5 Å². The van der Waals surface area contributed by atoms with Crippen molar-refractivity contribution in [1.82, 2.24) is 10.6 Å². The van der Waals surface area contributed by atoms with Crippen molar-refractivity contribution >= 4 is 24.4 Å². The average Bonchev–Trinajstić information content (AvgIpc) is 2.89. The molecule has 0 radical (unpaired) electrons. The Hall–Kier alpha value is -2.11. The van der Waals surface area contributed by atoms with Crippen LogP contribution in [0.4, 0.5) is 30.7 Å². The Kier molecular flexibility index (Phi) is 13.3. The molecule has 0 fully saturated rings. The first-order chi connectivity index (χ1) is 17.7. The standard InChI is InChI=1S/C20H19F7N2S.C7H14S/c1-7-8(2)14(22)15(23)11(13(7)21)12-16(24)18(26)20(19(27)17(12)25)30-6-10(29-5)9(3)28-4;1-4-7(5-8)6(2)3/h10,28-29H,3,6H2,1-2,4-5H3;7-8H,2,4-5H2,1,3H3. The molecule has 0 spiro atoms. The van der Waals surface area contributed by atoms with Crippen molar-refractivity contribution < 1.29 is 30.7 Å². The van der Waals surface area contributed by atoms with Crippen LogP contribution in [-0.4, -0.2) is 31.6 Å². The number of nitrogens with one attached hydrogen (secondary N) is 2. The smallest absolute Gasteiger partial charge is 0.176 e. The lowest BCUT2D eigenvalue weighted by Crippen LogP contribution is -2.34. The zero-order valence-corrected chi connectivity index (χ0v) is 23.9. The van der Waals surface area contributed by atoms with Crippen LogP contribution in [0.15, 0.2) is 29.3 Å². The van der Waals surface area contributed by atoms with E-state index in [0.717, 1.165) is 19.6 Å². The van der Waals surface area contributed by atoms with E-state index >= 15 is 0 Å². The molecule has 0 saturated heterocycles. The first-order valence-electron chi connectivity index (χ1n) is 11.6. The molecular weight excluding hydrogens is 549 g/mol. The molecule has 0 aliphatic rings. The number of likely N-dealkylation sites (N-methyl/N-ethyl adjacent to an activating group) is 2. The lowest BCUT2D eigenvalue weighted by molar-refractivity contribution is 0.426. The summed E-state index contributed by atoms with van der Waals surface area (Å²) in [6.45, 7) is 13.9. The lowest BCUT2D eigenvalue weighted by atomic mass is 9.96. The minimum absolute atomic E-state index is 0.0662. The molecule has 2 unspecified atom stereocenters. The maximum atomic E-state index is 14.6. The van der Waals surface area contributed by atoms with Gasteiger partial charge < -0.3 is 10.6 Å². The number of thiol groups is 1. The predicted molar refractivity (Wildman–Crippen MR) is 145 cm³/mol. The van der Waals surface area contributed by atoms with Crippen molar-refractivity contribution in [2.45, 2.75) is 45.1 Å². The van der Waals surface area contributed by atoms with E-state index in [0.29, 0.717) is 23.4 Å². The summed E-state index contributed by atoms with van der Waals surface area (Å²) in [6.07, 6.45) is 1.17. The van der Waals surface area contributed by atoms with E-state index in [9.17, 15) is 30.7 Å².